The number of aromatic nitrogens is 2. The van der Waals surface area contributed by atoms with E-state index < -0.39 is 0 Å². The molecule has 2 heterocycles. The van der Waals surface area contributed by atoms with Crippen molar-refractivity contribution in [3.8, 4) is 0 Å². The van der Waals surface area contributed by atoms with E-state index in [4.69, 9.17) is 0 Å². The summed E-state index contributed by atoms with van der Waals surface area (Å²) < 4.78 is 1.26. The van der Waals surface area contributed by atoms with Crippen LogP contribution in [0.15, 0.2) is 34.4 Å². The summed E-state index contributed by atoms with van der Waals surface area (Å²) in [6.45, 7) is 5.64. The number of anilines is 1. The van der Waals surface area contributed by atoms with Crippen LogP contribution in [0, 0.1) is 13.8 Å². The second-order valence-electron chi connectivity index (χ2n) is 5.19. The van der Waals surface area contributed by atoms with E-state index in [1.807, 2.05) is 19.9 Å². The molecule has 1 aromatic carbocycles. The normalized spacial score (nSPS) is 12.5. The van der Waals surface area contributed by atoms with E-state index in [1.165, 1.54) is 10.1 Å². The summed E-state index contributed by atoms with van der Waals surface area (Å²) in [5.41, 5.74) is 2.39. The minimum atomic E-state index is -0.0991. The molecule has 0 saturated carbocycles. The van der Waals surface area contributed by atoms with Gasteiger partial charge in [-0.25, -0.2) is 4.98 Å². The van der Waals surface area contributed by atoms with Gasteiger partial charge in [0.1, 0.15) is 5.82 Å². The zero-order valence-corrected chi connectivity index (χ0v) is 13.0. The van der Waals surface area contributed by atoms with Crippen LogP contribution in [-0.4, -0.2) is 9.97 Å². The molecule has 3 aromatic rings. The van der Waals surface area contributed by atoms with Crippen LogP contribution in [0.1, 0.15) is 30.0 Å². The number of hydrogen-bond donors (Lipinski definition) is 2. The molecule has 0 bridgehead atoms. The number of nitrogens with zero attached hydrogens (tertiary/aromatic N) is 1. The molecule has 0 spiro atoms. The van der Waals surface area contributed by atoms with E-state index in [0.29, 0.717) is 11.4 Å². The summed E-state index contributed by atoms with van der Waals surface area (Å²) in [5.74, 6) is 0.646. The Morgan fingerprint density at radius 3 is 2.86 bits per heavy atom. The molecule has 1 unspecified atom stereocenters. The van der Waals surface area contributed by atoms with Crippen molar-refractivity contribution in [1.29, 1.82) is 0 Å². The predicted molar refractivity (Wildman–Crippen MR) is 88.2 cm³/mol. The number of aryl methyl sites for hydroxylation is 2. The number of nitrogens with one attached hydrogen (secondary N) is 2. The summed E-state index contributed by atoms with van der Waals surface area (Å²) in [4.78, 5) is 19.2. The number of hydrogen-bond acceptors (Lipinski definition) is 4. The number of fused-ring (bicyclic) bond motifs is 1. The molecule has 0 aliphatic heterocycles. The van der Waals surface area contributed by atoms with Gasteiger partial charge in [0.2, 0.25) is 0 Å². The molecule has 0 aliphatic carbocycles. The first-order chi connectivity index (χ1) is 10.0. The van der Waals surface area contributed by atoms with Crippen molar-refractivity contribution in [1.82, 2.24) is 9.97 Å². The van der Waals surface area contributed by atoms with Crippen LogP contribution in [0.4, 0.5) is 5.69 Å². The average Bonchev–Trinajstić information content (AvgIpc) is 2.84. The first-order valence-electron chi connectivity index (χ1n) is 6.86. The maximum Gasteiger partial charge on any atom is 0.256 e. The zero-order chi connectivity index (χ0) is 15.0. The van der Waals surface area contributed by atoms with Gasteiger partial charge in [-0.05, 0) is 55.8 Å². The Labute approximate surface area is 126 Å². The molecule has 0 amide bonds. The number of thiophene rings is 1. The van der Waals surface area contributed by atoms with Crippen LogP contribution in [0.25, 0.3) is 10.1 Å². The highest BCUT2D eigenvalue weighted by Crippen LogP contribution is 2.26. The number of benzene rings is 1. The van der Waals surface area contributed by atoms with Gasteiger partial charge in [0, 0.05) is 10.4 Å². The maximum absolute atomic E-state index is 12.1. The predicted octanol–water partition coefficient (Wildman–Crippen LogP) is 3.77. The van der Waals surface area contributed by atoms with Crippen molar-refractivity contribution >= 4 is 27.1 Å². The minimum Gasteiger partial charge on any atom is -0.378 e. The second-order valence-corrected chi connectivity index (χ2v) is 6.14. The highest BCUT2D eigenvalue weighted by Gasteiger charge is 2.14. The van der Waals surface area contributed by atoms with Crippen LogP contribution < -0.4 is 10.9 Å². The van der Waals surface area contributed by atoms with Gasteiger partial charge in [-0.1, -0.05) is 0 Å². The van der Waals surface area contributed by atoms with Crippen molar-refractivity contribution in [2.45, 2.75) is 26.8 Å². The van der Waals surface area contributed by atoms with E-state index in [2.05, 4.69) is 38.9 Å². The monoisotopic (exact) mass is 299 g/mol. The molecule has 108 valence electrons. The minimum absolute atomic E-state index is 0.0726. The second kappa shape index (κ2) is 5.33. The fourth-order valence-corrected chi connectivity index (χ4v) is 3.40. The lowest BCUT2D eigenvalue weighted by molar-refractivity contribution is 0.814. The molecule has 0 aliphatic rings. The van der Waals surface area contributed by atoms with Gasteiger partial charge in [0.15, 0.2) is 0 Å². The van der Waals surface area contributed by atoms with Crippen LogP contribution in [0.3, 0.4) is 0 Å². The summed E-state index contributed by atoms with van der Waals surface area (Å²) in [7, 11) is 0. The maximum atomic E-state index is 12.1. The van der Waals surface area contributed by atoms with Crippen molar-refractivity contribution in [2.24, 2.45) is 0 Å². The molecule has 0 radical (unpaired) electrons. The van der Waals surface area contributed by atoms with Gasteiger partial charge in [-0.2, -0.15) is 0 Å². The first-order valence-corrected chi connectivity index (χ1v) is 7.74. The number of rotatable bonds is 3. The lowest BCUT2D eigenvalue weighted by Crippen LogP contribution is -2.23. The van der Waals surface area contributed by atoms with E-state index in [1.54, 1.807) is 18.3 Å². The number of aromatic amines is 1. The molecule has 0 fully saturated rings. The fourth-order valence-electron chi connectivity index (χ4n) is 2.62. The molecule has 5 heteroatoms. The van der Waals surface area contributed by atoms with Gasteiger partial charge in [-0.15, -0.1) is 11.3 Å². The first kappa shape index (κ1) is 13.8. The topological polar surface area (TPSA) is 57.8 Å². The number of H-pyrrole nitrogens is 1. The summed E-state index contributed by atoms with van der Waals surface area (Å²) in [5, 5.41) is 6.68. The summed E-state index contributed by atoms with van der Waals surface area (Å²) in [6, 6.07) is 8.24. The van der Waals surface area contributed by atoms with Gasteiger partial charge < -0.3 is 10.3 Å². The Hall–Kier alpha value is -2.14. The average molecular weight is 299 g/mol. The smallest absolute Gasteiger partial charge is 0.256 e. The van der Waals surface area contributed by atoms with E-state index >= 15 is 0 Å². The van der Waals surface area contributed by atoms with Gasteiger partial charge >= 0.3 is 0 Å². The van der Waals surface area contributed by atoms with Crippen molar-refractivity contribution in [3.05, 3.63) is 57.1 Å². The van der Waals surface area contributed by atoms with Gasteiger partial charge in [0.25, 0.3) is 5.56 Å². The molecule has 2 N–H and O–H groups in total. The third-order valence-corrected chi connectivity index (χ3v) is 4.43. The van der Waals surface area contributed by atoms with Crippen molar-refractivity contribution in [2.75, 3.05) is 5.32 Å². The van der Waals surface area contributed by atoms with Gasteiger partial charge in [0.05, 0.1) is 17.3 Å². The van der Waals surface area contributed by atoms with E-state index in [0.717, 1.165) is 11.4 Å². The summed E-state index contributed by atoms with van der Waals surface area (Å²) >= 11 is 1.73. The largest absolute Gasteiger partial charge is 0.378 e. The van der Waals surface area contributed by atoms with Gasteiger partial charge in [-0.3, -0.25) is 4.79 Å². The van der Waals surface area contributed by atoms with Crippen LogP contribution in [0.5, 0.6) is 0 Å². The van der Waals surface area contributed by atoms with Crippen LogP contribution in [0.2, 0.25) is 0 Å². The molecular formula is C16H17N3OS. The highest BCUT2D eigenvalue weighted by atomic mass is 32.1. The zero-order valence-electron chi connectivity index (χ0n) is 12.2. The Bertz CT molecular complexity index is 850. The molecular weight excluding hydrogens is 282 g/mol. The lowest BCUT2D eigenvalue weighted by Gasteiger charge is -2.16. The third-order valence-electron chi connectivity index (χ3n) is 3.53. The molecule has 1 atom stereocenters. The Morgan fingerprint density at radius 2 is 2.10 bits per heavy atom. The Balaban J connectivity index is 1.92. The quantitative estimate of drug-likeness (QED) is 0.774. The molecule has 21 heavy (non-hydrogen) atoms. The van der Waals surface area contributed by atoms with E-state index in [-0.39, 0.29) is 11.6 Å². The summed E-state index contributed by atoms with van der Waals surface area (Å²) in [6.07, 6.45) is 0. The lowest BCUT2D eigenvalue weighted by atomic mass is 10.1. The molecule has 4 nitrogen and oxygen atoms in total. The highest BCUT2D eigenvalue weighted by molar-refractivity contribution is 7.17. The third kappa shape index (κ3) is 2.69. The Kier molecular flexibility index (Phi) is 3.51. The molecule has 2 aromatic heterocycles. The van der Waals surface area contributed by atoms with E-state index in [9.17, 15) is 4.79 Å². The molecule has 0 saturated heterocycles. The van der Waals surface area contributed by atoms with Crippen LogP contribution >= 0.6 is 11.3 Å². The van der Waals surface area contributed by atoms with Crippen molar-refractivity contribution in [3.63, 3.8) is 0 Å². The van der Waals surface area contributed by atoms with Crippen LogP contribution in [-0.2, 0) is 0 Å². The molecule has 3 rings (SSSR count). The fraction of sp³-hybridized carbons (Fsp3) is 0.250. The SMILES string of the molecule is Cc1nc(C)c(C(C)Nc2ccc3sccc3c2)c(=O)[nH]1. The Morgan fingerprint density at radius 1 is 1.29 bits per heavy atom. The van der Waals surface area contributed by atoms with Crippen molar-refractivity contribution < 1.29 is 0 Å². The standard InChI is InChI=1S/C16H17N3OS/c1-9-15(16(20)19-11(3)17-9)10(2)18-13-4-5-14-12(8-13)6-7-21-14/h4-8,10,18H,1-3H3,(H,17,19,20).